The monoisotopic (exact) mass is 281 g/mol. The molecule has 0 aliphatic heterocycles. The lowest BCUT2D eigenvalue weighted by Crippen LogP contribution is -2.18. The molecule has 0 spiro atoms. The zero-order valence-corrected chi connectivity index (χ0v) is 11.5. The molecule has 0 saturated heterocycles. The average molecular weight is 281 g/mol. The van der Waals surface area contributed by atoms with Crippen molar-refractivity contribution >= 4 is 10.8 Å². The summed E-state index contributed by atoms with van der Waals surface area (Å²) in [4.78, 5) is 0. The number of fused-ring (bicyclic) bond motifs is 1. The van der Waals surface area contributed by atoms with Gasteiger partial charge in [-0.3, -0.25) is 0 Å². The Kier molecular flexibility index (Phi) is 3.84. The van der Waals surface area contributed by atoms with E-state index < -0.39 is 0 Å². The summed E-state index contributed by atoms with van der Waals surface area (Å²) in [5, 5.41) is 2.25. The number of halogens is 1. The Morgan fingerprint density at radius 2 is 1.71 bits per heavy atom. The topological polar surface area (TPSA) is 35.2 Å². The van der Waals surface area contributed by atoms with Gasteiger partial charge in [-0.2, -0.15) is 0 Å². The highest BCUT2D eigenvalue weighted by Gasteiger charge is 2.12. The Bertz CT molecular complexity index is 757. The van der Waals surface area contributed by atoms with Crippen molar-refractivity contribution < 1.29 is 9.13 Å². The molecule has 21 heavy (non-hydrogen) atoms. The molecule has 0 aliphatic rings. The lowest BCUT2D eigenvalue weighted by atomic mass is 10.1. The van der Waals surface area contributed by atoms with E-state index in [2.05, 4.69) is 0 Å². The van der Waals surface area contributed by atoms with Crippen LogP contribution in [0.3, 0.4) is 0 Å². The molecule has 0 aliphatic carbocycles. The van der Waals surface area contributed by atoms with E-state index in [1.54, 1.807) is 6.07 Å². The average Bonchev–Trinajstić information content (AvgIpc) is 2.52. The summed E-state index contributed by atoms with van der Waals surface area (Å²) in [6, 6.07) is 20.3. The number of hydrogen-bond donors (Lipinski definition) is 1. The van der Waals surface area contributed by atoms with Crippen LogP contribution in [0.2, 0.25) is 0 Å². The summed E-state index contributed by atoms with van der Waals surface area (Å²) in [7, 11) is 0. The van der Waals surface area contributed by atoms with Crippen LogP contribution < -0.4 is 10.5 Å². The van der Waals surface area contributed by atoms with Gasteiger partial charge in [0.25, 0.3) is 0 Å². The Balaban J connectivity index is 1.88. The molecular formula is C18H16FNO. The van der Waals surface area contributed by atoms with Gasteiger partial charge in [-0.15, -0.1) is 0 Å². The fourth-order valence-electron chi connectivity index (χ4n) is 2.36. The van der Waals surface area contributed by atoms with Crippen LogP contribution in [0.15, 0.2) is 66.7 Å². The first-order chi connectivity index (χ1) is 10.3. The quantitative estimate of drug-likeness (QED) is 0.782. The molecule has 2 N–H and O–H groups in total. The van der Waals surface area contributed by atoms with Crippen molar-refractivity contribution in [3.8, 4) is 5.75 Å². The first-order valence-corrected chi connectivity index (χ1v) is 6.87. The molecule has 3 heteroatoms. The van der Waals surface area contributed by atoms with Crippen LogP contribution in [0, 0.1) is 5.82 Å². The summed E-state index contributed by atoms with van der Waals surface area (Å²) in [5.41, 5.74) is 6.51. The third-order valence-corrected chi connectivity index (χ3v) is 3.43. The highest BCUT2D eigenvalue weighted by molar-refractivity contribution is 5.83. The van der Waals surface area contributed by atoms with Gasteiger partial charge in [0.1, 0.15) is 17.7 Å². The first-order valence-electron chi connectivity index (χ1n) is 6.87. The van der Waals surface area contributed by atoms with E-state index in [1.165, 1.54) is 12.1 Å². The van der Waals surface area contributed by atoms with E-state index in [9.17, 15) is 4.39 Å². The Morgan fingerprint density at radius 1 is 0.905 bits per heavy atom. The van der Waals surface area contributed by atoms with E-state index >= 15 is 0 Å². The van der Waals surface area contributed by atoms with E-state index in [0.29, 0.717) is 0 Å². The van der Waals surface area contributed by atoms with Crippen LogP contribution >= 0.6 is 0 Å². The van der Waals surface area contributed by atoms with Gasteiger partial charge in [0.05, 0.1) is 0 Å². The number of hydrogen-bond acceptors (Lipinski definition) is 2. The van der Waals surface area contributed by atoms with Crippen LogP contribution in [0.5, 0.6) is 5.75 Å². The van der Waals surface area contributed by atoms with E-state index in [0.717, 1.165) is 22.1 Å². The van der Waals surface area contributed by atoms with Crippen LogP contribution in [0.25, 0.3) is 10.8 Å². The number of nitrogens with two attached hydrogens (primary N) is 1. The van der Waals surface area contributed by atoms with Gasteiger partial charge >= 0.3 is 0 Å². The largest absolute Gasteiger partial charge is 0.484 e. The first kappa shape index (κ1) is 13.6. The molecule has 3 aromatic carbocycles. The maximum Gasteiger partial charge on any atom is 0.136 e. The fourth-order valence-corrected chi connectivity index (χ4v) is 2.36. The minimum atomic E-state index is -0.359. The summed E-state index contributed by atoms with van der Waals surface area (Å²) >= 11 is 0. The van der Waals surface area contributed by atoms with Gasteiger partial charge in [-0.25, -0.2) is 4.39 Å². The minimum Gasteiger partial charge on any atom is -0.484 e. The minimum absolute atomic E-state index is 0.284. The second kappa shape index (κ2) is 5.94. The van der Waals surface area contributed by atoms with Gasteiger partial charge in [-0.1, -0.05) is 42.5 Å². The normalized spacial score (nSPS) is 12.3. The smallest absolute Gasteiger partial charge is 0.136 e. The summed E-state index contributed by atoms with van der Waals surface area (Å²) in [6.45, 7) is 0.288. The van der Waals surface area contributed by atoms with Crippen LogP contribution in [-0.4, -0.2) is 6.54 Å². The van der Waals surface area contributed by atoms with Gasteiger partial charge < -0.3 is 10.5 Å². The van der Waals surface area contributed by atoms with Crippen molar-refractivity contribution in [3.63, 3.8) is 0 Å². The molecule has 0 fully saturated rings. The second-order valence-corrected chi connectivity index (χ2v) is 4.91. The predicted octanol–water partition coefficient (Wildman–Crippen LogP) is 4.06. The van der Waals surface area contributed by atoms with Crippen LogP contribution in [-0.2, 0) is 0 Å². The molecule has 3 rings (SSSR count). The molecule has 0 heterocycles. The third kappa shape index (κ3) is 3.03. The van der Waals surface area contributed by atoms with Gasteiger partial charge in [0.15, 0.2) is 0 Å². The molecule has 2 nitrogen and oxygen atoms in total. The number of ether oxygens (including phenoxy) is 1. The number of benzene rings is 3. The molecule has 106 valence electrons. The molecule has 0 saturated carbocycles. The van der Waals surface area contributed by atoms with E-state index in [-0.39, 0.29) is 18.5 Å². The van der Waals surface area contributed by atoms with Crippen molar-refractivity contribution in [1.82, 2.24) is 0 Å². The molecular weight excluding hydrogens is 265 g/mol. The fraction of sp³-hybridized carbons (Fsp3) is 0.111. The molecule has 0 radical (unpaired) electrons. The molecule has 1 atom stereocenters. The second-order valence-electron chi connectivity index (χ2n) is 4.91. The third-order valence-electron chi connectivity index (χ3n) is 3.43. The lowest BCUT2D eigenvalue weighted by molar-refractivity contribution is 0.214. The summed E-state index contributed by atoms with van der Waals surface area (Å²) < 4.78 is 19.2. The van der Waals surface area contributed by atoms with Crippen molar-refractivity contribution in [2.75, 3.05) is 6.54 Å². The molecule has 1 unspecified atom stereocenters. The zero-order chi connectivity index (χ0) is 14.7. The molecule has 0 amide bonds. The Morgan fingerprint density at radius 3 is 2.48 bits per heavy atom. The lowest BCUT2D eigenvalue weighted by Gasteiger charge is -2.18. The standard InChI is InChI=1S/C18H16FNO/c19-16-7-3-6-15(10-16)18(12-20)21-17-9-8-13-4-1-2-5-14(13)11-17/h1-11,18H,12,20H2. The Hall–Kier alpha value is -2.39. The summed E-state index contributed by atoms with van der Waals surface area (Å²) in [6.07, 6.45) is -0.359. The van der Waals surface area contributed by atoms with Gasteiger partial charge in [0.2, 0.25) is 0 Å². The molecule has 0 bridgehead atoms. The van der Waals surface area contributed by atoms with Gasteiger partial charge in [-0.05, 0) is 40.6 Å². The zero-order valence-electron chi connectivity index (χ0n) is 11.5. The highest BCUT2D eigenvalue weighted by atomic mass is 19.1. The maximum atomic E-state index is 13.3. The predicted molar refractivity (Wildman–Crippen MR) is 82.8 cm³/mol. The highest BCUT2D eigenvalue weighted by Crippen LogP contribution is 2.25. The molecule has 3 aromatic rings. The number of rotatable bonds is 4. The van der Waals surface area contributed by atoms with Crippen molar-refractivity contribution in [3.05, 3.63) is 78.1 Å². The maximum absolute atomic E-state index is 13.3. The van der Waals surface area contributed by atoms with Crippen molar-refractivity contribution in [2.24, 2.45) is 5.73 Å². The van der Waals surface area contributed by atoms with Crippen LogP contribution in [0.4, 0.5) is 4.39 Å². The summed E-state index contributed by atoms with van der Waals surface area (Å²) in [5.74, 6) is 0.446. The SMILES string of the molecule is NCC(Oc1ccc2ccccc2c1)c1cccc(F)c1. The van der Waals surface area contributed by atoms with Crippen molar-refractivity contribution in [2.45, 2.75) is 6.10 Å². The van der Waals surface area contributed by atoms with E-state index in [4.69, 9.17) is 10.5 Å². The Labute approximate surface area is 123 Å². The van der Waals surface area contributed by atoms with E-state index in [1.807, 2.05) is 48.5 Å². The van der Waals surface area contributed by atoms with Crippen LogP contribution in [0.1, 0.15) is 11.7 Å². The van der Waals surface area contributed by atoms with Gasteiger partial charge in [0, 0.05) is 6.54 Å². The molecule has 0 aromatic heterocycles. The van der Waals surface area contributed by atoms with Crippen molar-refractivity contribution in [1.29, 1.82) is 0 Å².